The summed E-state index contributed by atoms with van der Waals surface area (Å²) in [7, 11) is 0. The normalized spacial score (nSPS) is 10.1. The van der Waals surface area contributed by atoms with Gasteiger partial charge in [0.05, 0.1) is 12.2 Å². The maximum absolute atomic E-state index is 13.2. The second kappa shape index (κ2) is 6.07. The minimum absolute atomic E-state index is 0.0449. The molecule has 0 aliphatic carbocycles. The van der Waals surface area contributed by atoms with E-state index < -0.39 is 11.7 Å². The molecular weight excluding hydrogens is 211 g/mol. The zero-order valence-electron chi connectivity index (χ0n) is 9.13. The Balaban J connectivity index is 2.55. The van der Waals surface area contributed by atoms with Gasteiger partial charge >= 0.3 is 0 Å². The van der Waals surface area contributed by atoms with Gasteiger partial charge in [0, 0.05) is 18.8 Å². The van der Waals surface area contributed by atoms with Crippen molar-refractivity contribution in [2.75, 3.05) is 25.5 Å². The Morgan fingerprint density at radius 2 is 2.31 bits per heavy atom. The molecule has 0 saturated carbocycles. The molecule has 0 saturated heterocycles. The minimum atomic E-state index is -0.580. The first-order valence-corrected chi connectivity index (χ1v) is 5.06. The summed E-state index contributed by atoms with van der Waals surface area (Å²) >= 11 is 0. The quantitative estimate of drug-likeness (QED) is 0.585. The summed E-state index contributed by atoms with van der Waals surface area (Å²) in [5.41, 5.74) is 5.78. The molecule has 1 aromatic rings. The van der Waals surface area contributed by atoms with Crippen LogP contribution in [0.3, 0.4) is 0 Å². The molecule has 0 spiro atoms. The Morgan fingerprint density at radius 1 is 1.56 bits per heavy atom. The lowest BCUT2D eigenvalue weighted by molar-refractivity contribution is 0.0918. The van der Waals surface area contributed by atoms with Crippen LogP contribution in [0, 0.1) is 5.82 Å². The molecule has 4 nitrogen and oxygen atoms in total. The summed E-state index contributed by atoms with van der Waals surface area (Å²) in [4.78, 5) is 11.5. The first kappa shape index (κ1) is 12.4. The van der Waals surface area contributed by atoms with Gasteiger partial charge in [0.15, 0.2) is 0 Å². The van der Waals surface area contributed by atoms with Gasteiger partial charge in [-0.2, -0.15) is 0 Å². The van der Waals surface area contributed by atoms with E-state index in [1.165, 1.54) is 18.2 Å². The number of rotatable bonds is 5. The fourth-order valence-corrected chi connectivity index (χ4v) is 1.19. The van der Waals surface area contributed by atoms with Gasteiger partial charge in [0.2, 0.25) is 0 Å². The highest BCUT2D eigenvalue weighted by Crippen LogP contribution is 2.11. The molecule has 0 heterocycles. The SMILES string of the molecule is CCOCCNC(=O)c1cc(N)ccc1F. The second-order valence-corrected chi connectivity index (χ2v) is 3.19. The molecular formula is C11H15FN2O2. The van der Waals surface area contributed by atoms with Gasteiger partial charge in [0.1, 0.15) is 5.82 Å². The Hall–Kier alpha value is -1.62. The first-order valence-electron chi connectivity index (χ1n) is 5.06. The van der Waals surface area contributed by atoms with Crippen LogP contribution in [0.25, 0.3) is 0 Å². The van der Waals surface area contributed by atoms with Gasteiger partial charge < -0.3 is 15.8 Å². The van der Waals surface area contributed by atoms with Gasteiger partial charge in [-0.05, 0) is 25.1 Å². The fourth-order valence-electron chi connectivity index (χ4n) is 1.19. The summed E-state index contributed by atoms with van der Waals surface area (Å²) < 4.78 is 18.3. The van der Waals surface area contributed by atoms with Crippen molar-refractivity contribution in [3.63, 3.8) is 0 Å². The Morgan fingerprint density at radius 3 is 3.00 bits per heavy atom. The minimum Gasteiger partial charge on any atom is -0.399 e. The molecule has 88 valence electrons. The van der Waals surface area contributed by atoms with Gasteiger partial charge in [-0.1, -0.05) is 0 Å². The van der Waals surface area contributed by atoms with Crippen LogP contribution in [-0.4, -0.2) is 25.7 Å². The summed E-state index contributed by atoms with van der Waals surface area (Å²) in [5.74, 6) is -1.06. The Labute approximate surface area is 93.6 Å². The maximum Gasteiger partial charge on any atom is 0.254 e. The van der Waals surface area contributed by atoms with E-state index >= 15 is 0 Å². The molecule has 1 rings (SSSR count). The second-order valence-electron chi connectivity index (χ2n) is 3.19. The van der Waals surface area contributed by atoms with Crippen LogP contribution >= 0.6 is 0 Å². The van der Waals surface area contributed by atoms with E-state index in [-0.39, 0.29) is 5.56 Å². The predicted molar refractivity (Wildman–Crippen MR) is 59.6 cm³/mol. The molecule has 5 heteroatoms. The van der Waals surface area contributed by atoms with E-state index in [2.05, 4.69) is 5.32 Å². The summed E-state index contributed by atoms with van der Waals surface area (Å²) in [6.07, 6.45) is 0. The summed E-state index contributed by atoms with van der Waals surface area (Å²) in [5, 5.41) is 2.54. The molecule has 1 aromatic carbocycles. The standard InChI is InChI=1S/C11H15FN2O2/c1-2-16-6-5-14-11(15)9-7-8(13)3-4-10(9)12/h3-4,7H,2,5-6,13H2,1H3,(H,14,15). The maximum atomic E-state index is 13.2. The van der Waals surface area contributed by atoms with E-state index in [0.29, 0.717) is 25.4 Å². The molecule has 16 heavy (non-hydrogen) atoms. The van der Waals surface area contributed by atoms with Crippen molar-refractivity contribution in [1.82, 2.24) is 5.32 Å². The number of benzene rings is 1. The van der Waals surface area contributed by atoms with E-state index in [9.17, 15) is 9.18 Å². The number of carbonyl (C=O) groups excluding carboxylic acids is 1. The van der Waals surface area contributed by atoms with Crippen molar-refractivity contribution in [3.05, 3.63) is 29.6 Å². The number of halogens is 1. The molecule has 3 N–H and O–H groups in total. The van der Waals surface area contributed by atoms with Crippen LogP contribution < -0.4 is 11.1 Å². The van der Waals surface area contributed by atoms with Crippen LogP contribution in [0.4, 0.5) is 10.1 Å². The van der Waals surface area contributed by atoms with Crippen molar-refractivity contribution < 1.29 is 13.9 Å². The number of nitrogens with two attached hydrogens (primary N) is 1. The van der Waals surface area contributed by atoms with Crippen LogP contribution in [0.5, 0.6) is 0 Å². The zero-order chi connectivity index (χ0) is 12.0. The lowest BCUT2D eigenvalue weighted by Crippen LogP contribution is -2.28. The van der Waals surface area contributed by atoms with Gasteiger partial charge in [-0.15, -0.1) is 0 Å². The van der Waals surface area contributed by atoms with Crippen molar-refractivity contribution >= 4 is 11.6 Å². The zero-order valence-corrected chi connectivity index (χ0v) is 9.13. The average Bonchev–Trinajstić information content (AvgIpc) is 2.27. The molecule has 0 aliphatic heterocycles. The van der Waals surface area contributed by atoms with Gasteiger partial charge in [0.25, 0.3) is 5.91 Å². The van der Waals surface area contributed by atoms with E-state index in [0.717, 1.165) is 0 Å². The predicted octanol–water partition coefficient (Wildman–Crippen LogP) is 1.17. The Kier molecular flexibility index (Phi) is 4.72. The lowest BCUT2D eigenvalue weighted by atomic mass is 10.2. The molecule has 0 bridgehead atoms. The van der Waals surface area contributed by atoms with Crippen molar-refractivity contribution in [3.8, 4) is 0 Å². The number of anilines is 1. The lowest BCUT2D eigenvalue weighted by Gasteiger charge is -2.06. The average molecular weight is 226 g/mol. The van der Waals surface area contributed by atoms with Crippen LogP contribution in [0.15, 0.2) is 18.2 Å². The third-order valence-corrected chi connectivity index (χ3v) is 1.97. The van der Waals surface area contributed by atoms with Crippen molar-refractivity contribution in [1.29, 1.82) is 0 Å². The van der Waals surface area contributed by atoms with Gasteiger partial charge in [-0.3, -0.25) is 4.79 Å². The third-order valence-electron chi connectivity index (χ3n) is 1.97. The number of hydrogen-bond acceptors (Lipinski definition) is 3. The topological polar surface area (TPSA) is 64.3 Å². The highest BCUT2D eigenvalue weighted by molar-refractivity contribution is 5.95. The van der Waals surface area contributed by atoms with Crippen LogP contribution in [-0.2, 0) is 4.74 Å². The summed E-state index contributed by atoms with van der Waals surface area (Å²) in [6, 6.07) is 3.89. The molecule has 0 aromatic heterocycles. The van der Waals surface area contributed by atoms with Crippen LogP contribution in [0.2, 0.25) is 0 Å². The number of hydrogen-bond donors (Lipinski definition) is 2. The molecule has 0 atom stereocenters. The fraction of sp³-hybridized carbons (Fsp3) is 0.364. The Bertz CT molecular complexity index is 369. The third kappa shape index (κ3) is 3.51. The van der Waals surface area contributed by atoms with Crippen molar-refractivity contribution in [2.45, 2.75) is 6.92 Å². The van der Waals surface area contributed by atoms with Gasteiger partial charge in [-0.25, -0.2) is 4.39 Å². The monoisotopic (exact) mass is 226 g/mol. The van der Waals surface area contributed by atoms with Crippen molar-refractivity contribution in [2.24, 2.45) is 0 Å². The number of ether oxygens (including phenoxy) is 1. The number of nitrogen functional groups attached to an aromatic ring is 1. The number of amides is 1. The number of carbonyl (C=O) groups is 1. The molecule has 1 amide bonds. The first-order chi connectivity index (χ1) is 7.65. The molecule has 0 fully saturated rings. The highest BCUT2D eigenvalue weighted by Gasteiger charge is 2.10. The highest BCUT2D eigenvalue weighted by atomic mass is 19.1. The largest absolute Gasteiger partial charge is 0.399 e. The van der Waals surface area contributed by atoms with E-state index in [1.807, 2.05) is 6.92 Å². The molecule has 0 unspecified atom stereocenters. The van der Waals surface area contributed by atoms with E-state index in [1.54, 1.807) is 0 Å². The van der Waals surface area contributed by atoms with Crippen LogP contribution in [0.1, 0.15) is 17.3 Å². The molecule has 0 aliphatic rings. The summed E-state index contributed by atoms with van der Waals surface area (Å²) in [6.45, 7) is 3.20. The molecule has 0 radical (unpaired) electrons. The van der Waals surface area contributed by atoms with E-state index in [4.69, 9.17) is 10.5 Å². The smallest absolute Gasteiger partial charge is 0.254 e. The number of nitrogens with one attached hydrogen (secondary N) is 1.